The topological polar surface area (TPSA) is 49.6 Å². The Labute approximate surface area is 133 Å². The molecule has 2 heterocycles. The molecule has 2 aliphatic rings. The Morgan fingerprint density at radius 3 is 2.45 bits per heavy atom. The van der Waals surface area contributed by atoms with Crippen molar-refractivity contribution in [2.75, 3.05) is 31.9 Å². The van der Waals surface area contributed by atoms with Crippen LogP contribution >= 0.6 is 0 Å². The van der Waals surface area contributed by atoms with Gasteiger partial charge in [0.15, 0.2) is 0 Å². The summed E-state index contributed by atoms with van der Waals surface area (Å²) in [5, 5.41) is 0. The Kier molecular flexibility index (Phi) is 4.98. The van der Waals surface area contributed by atoms with E-state index in [0.717, 1.165) is 37.2 Å². The van der Waals surface area contributed by atoms with Gasteiger partial charge in [-0.15, -0.1) is 0 Å². The number of anilines is 1. The highest BCUT2D eigenvalue weighted by atomic mass is 16.2. The molecule has 0 bridgehead atoms. The average Bonchev–Trinajstić information content (AvgIpc) is 2.94. The summed E-state index contributed by atoms with van der Waals surface area (Å²) in [6, 6.07) is 8.34. The van der Waals surface area contributed by atoms with E-state index in [0.29, 0.717) is 12.5 Å². The fourth-order valence-corrected chi connectivity index (χ4v) is 3.72. The van der Waals surface area contributed by atoms with Crippen molar-refractivity contribution in [3.8, 4) is 0 Å². The van der Waals surface area contributed by atoms with Crippen LogP contribution in [0.4, 0.5) is 5.69 Å². The van der Waals surface area contributed by atoms with E-state index in [1.54, 1.807) is 0 Å². The summed E-state index contributed by atoms with van der Waals surface area (Å²) in [6.45, 7) is 4.33. The molecule has 0 aromatic heterocycles. The molecular weight excluding hydrogens is 274 g/mol. The van der Waals surface area contributed by atoms with Crippen LogP contribution in [0.3, 0.4) is 0 Å². The number of nitrogens with zero attached hydrogens (tertiary/aromatic N) is 2. The van der Waals surface area contributed by atoms with Crippen LogP contribution in [-0.2, 0) is 11.2 Å². The van der Waals surface area contributed by atoms with Gasteiger partial charge in [0.25, 0.3) is 0 Å². The van der Waals surface area contributed by atoms with Crippen LogP contribution < -0.4 is 5.73 Å². The Morgan fingerprint density at radius 1 is 1.00 bits per heavy atom. The molecule has 0 spiro atoms. The Hall–Kier alpha value is -1.55. The average molecular weight is 301 g/mol. The maximum Gasteiger partial charge on any atom is 0.226 e. The molecule has 1 unspecified atom stereocenters. The molecule has 2 fully saturated rings. The van der Waals surface area contributed by atoms with E-state index >= 15 is 0 Å². The van der Waals surface area contributed by atoms with Gasteiger partial charge in [0.1, 0.15) is 0 Å². The van der Waals surface area contributed by atoms with Gasteiger partial charge in [-0.25, -0.2) is 0 Å². The number of nitrogen functional groups attached to an aromatic ring is 1. The normalized spacial score (nSPS) is 23.5. The van der Waals surface area contributed by atoms with Gasteiger partial charge >= 0.3 is 0 Å². The number of amides is 1. The van der Waals surface area contributed by atoms with E-state index < -0.39 is 0 Å². The number of likely N-dealkylation sites (tertiary alicyclic amines) is 2. The van der Waals surface area contributed by atoms with Crippen molar-refractivity contribution in [3.63, 3.8) is 0 Å². The van der Waals surface area contributed by atoms with E-state index in [9.17, 15) is 4.79 Å². The molecular formula is C18H27N3O. The van der Waals surface area contributed by atoms with Gasteiger partial charge < -0.3 is 15.5 Å². The van der Waals surface area contributed by atoms with Crippen molar-refractivity contribution in [1.82, 2.24) is 9.80 Å². The number of carbonyl (C=O) groups excluding carboxylic acids is 1. The van der Waals surface area contributed by atoms with Gasteiger partial charge in [-0.1, -0.05) is 12.1 Å². The molecule has 1 aromatic carbocycles. The first-order chi connectivity index (χ1) is 10.7. The van der Waals surface area contributed by atoms with Crippen LogP contribution in [0.2, 0.25) is 0 Å². The highest BCUT2D eigenvalue weighted by Crippen LogP contribution is 2.21. The fourth-order valence-electron chi connectivity index (χ4n) is 3.72. The van der Waals surface area contributed by atoms with Gasteiger partial charge in [0.05, 0.1) is 6.42 Å². The maximum absolute atomic E-state index is 12.5. The van der Waals surface area contributed by atoms with Gasteiger partial charge in [-0.3, -0.25) is 4.79 Å². The van der Waals surface area contributed by atoms with Crippen LogP contribution in [0.15, 0.2) is 24.3 Å². The lowest BCUT2D eigenvalue weighted by Gasteiger charge is -2.26. The second-order valence-electron chi connectivity index (χ2n) is 6.63. The zero-order valence-electron chi connectivity index (χ0n) is 13.3. The molecule has 3 rings (SSSR count). The quantitative estimate of drug-likeness (QED) is 0.872. The van der Waals surface area contributed by atoms with Crippen LogP contribution in [0.5, 0.6) is 0 Å². The first-order valence-electron chi connectivity index (χ1n) is 8.58. The summed E-state index contributed by atoms with van der Waals surface area (Å²) >= 11 is 0. The molecule has 1 aromatic rings. The molecule has 0 radical (unpaired) electrons. The summed E-state index contributed by atoms with van der Waals surface area (Å²) in [5.74, 6) is 0.256. The number of benzene rings is 1. The minimum absolute atomic E-state index is 0.256. The van der Waals surface area contributed by atoms with E-state index in [-0.39, 0.29) is 5.91 Å². The standard InChI is InChI=1S/C18H27N3O/c19-16-7-5-15(6-8-16)14-18(22)21-12-3-4-17(9-13-21)20-10-1-2-11-20/h5-8,17H,1-4,9-14,19H2. The third-order valence-electron chi connectivity index (χ3n) is 5.04. The smallest absolute Gasteiger partial charge is 0.226 e. The first-order valence-corrected chi connectivity index (χ1v) is 8.58. The highest BCUT2D eigenvalue weighted by molar-refractivity contribution is 5.78. The Morgan fingerprint density at radius 2 is 1.73 bits per heavy atom. The zero-order valence-corrected chi connectivity index (χ0v) is 13.3. The van der Waals surface area contributed by atoms with Gasteiger partial charge in [-0.05, 0) is 62.9 Å². The largest absolute Gasteiger partial charge is 0.399 e. The SMILES string of the molecule is Nc1ccc(CC(=O)N2CCCC(N3CCCC3)CC2)cc1. The molecule has 2 aliphatic heterocycles. The Bertz CT molecular complexity index is 494. The highest BCUT2D eigenvalue weighted by Gasteiger charge is 2.26. The summed E-state index contributed by atoms with van der Waals surface area (Å²) < 4.78 is 0. The number of carbonyl (C=O) groups is 1. The van der Waals surface area contributed by atoms with Crippen molar-refractivity contribution in [3.05, 3.63) is 29.8 Å². The second-order valence-corrected chi connectivity index (χ2v) is 6.63. The summed E-state index contributed by atoms with van der Waals surface area (Å²) in [5.41, 5.74) is 7.50. The molecule has 120 valence electrons. The molecule has 2 N–H and O–H groups in total. The summed E-state index contributed by atoms with van der Waals surface area (Å²) in [6.07, 6.45) is 6.69. The molecule has 2 saturated heterocycles. The van der Waals surface area contributed by atoms with E-state index in [2.05, 4.69) is 9.80 Å². The maximum atomic E-state index is 12.5. The van der Waals surface area contributed by atoms with Crippen molar-refractivity contribution in [2.24, 2.45) is 0 Å². The molecule has 0 aliphatic carbocycles. The molecule has 1 amide bonds. The third kappa shape index (κ3) is 3.80. The van der Waals surface area contributed by atoms with Crippen molar-refractivity contribution < 1.29 is 4.79 Å². The van der Waals surface area contributed by atoms with Crippen molar-refractivity contribution in [1.29, 1.82) is 0 Å². The fraction of sp³-hybridized carbons (Fsp3) is 0.611. The van der Waals surface area contributed by atoms with E-state index in [1.807, 2.05) is 24.3 Å². The van der Waals surface area contributed by atoms with Crippen LogP contribution in [0, 0.1) is 0 Å². The number of hydrogen-bond acceptors (Lipinski definition) is 3. The summed E-state index contributed by atoms with van der Waals surface area (Å²) in [7, 11) is 0. The third-order valence-corrected chi connectivity index (χ3v) is 5.04. The van der Waals surface area contributed by atoms with Crippen molar-refractivity contribution in [2.45, 2.75) is 44.6 Å². The van der Waals surface area contributed by atoms with Crippen LogP contribution in [-0.4, -0.2) is 47.9 Å². The van der Waals surface area contributed by atoms with Crippen molar-refractivity contribution >= 4 is 11.6 Å². The molecule has 4 heteroatoms. The van der Waals surface area contributed by atoms with Crippen LogP contribution in [0.1, 0.15) is 37.7 Å². The van der Waals surface area contributed by atoms with Gasteiger partial charge in [-0.2, -0.15) is 0 Å². The molecule has 22 heavy (non-hydrogen) atoms. The number of nitrogens with two attached hydrogens (primary N) is 1. The van der Waals surface area contributed by atoms with Gasteiger partial charge in [0, 0.05) is 24.8 Å². The molecule has 0 saturated carbocycles. The summed E-state index contributed by atoms with van der Waals surface area (Å²) in [4.78, 5) is 17.2. The monoisotopic (exact) mass is 301 g/mol. The van der Waals surface area contributed by atoms with E-state index in [4.69, 9.17) is 5.73 Å². The van der Waals surface area contributed by atoms with Gasteiger partial charge in [0.2, 0.25) is 5.91 Å². The minimum Gasteiger partial charge on any atom is -0.399 e. The Balaban J connectivity index is 1.53. The lowest BCUT2D eigenvalue weighted by molar-refractivity contribution is -0.130. The molecule has 1 atom stereocenters. The lowest BCUT2D eigenvalue weighted by atomic mass is 10.1. The minimum atomic E-state index is 0.256. The second kappa shape index (κ2) is 7.14. The predicted molar refractivity (Wildman–Crippen MR) is 89.6 cm³/mol. The first kappa shape index (κ1) is 15.3. The molecule has 4 nitrogen and oxygen atoms in total. The number of hydrogen-bond donors (Lipinski definition) is 1. The lowest BCUT2D eigenvalue weighted by Crippen LogP contribution is -2.36. The number of rotatable bonds is 3. The zero-order chi connectivity index (χ0) is 15.4. The predicted octanol–water partition coefficient (Wildman–Crippen LogP) is 2.29. The van der Waals surface area contributed by atoms with E-state index in [1.165, 1.54) is 32.4 Å². The van der Waals surface area contributed by atoms with Crippen LogP contribution in [0.25, 0.3) is 0 Å².